The molecule has 0 saturated carbocycles. The molecule has 7 nitrogen and oxygen atoms in total. The molecule has 1 saturated heterocycles. The SMILES string of the molecule is NC(=O)[C@H]1CCN(C(=O)NCc2ncc(-c3ccccc3)o2)C1. The zero-order valence-corrected chi connectivity index (χ0v) is 12.6. The first kappa shape index (κ1) is 15.1. The van der Waals surface area contributed by atoms with Crippen LogP contribution in [0.3, 0.4) is 0 Å². The number of benzene rings is 1. The van der Waals surface area contributed by atoms with Crippen LogP contribution in [0.2, 0.25) is 0 Å². The van der Waals surface area contributed by atoms with E-state index in [0.29, 0.717) is 31.2 Å². The number of carbonyl (C=O) groups is 2. The second-order valence-electron chi connectivity index (χ2n) is 5.48. The number of primary amides is 1. The van der Waals surface area contributed by atoms with Gasteiger partial charge in [0.1, 0.15) is 0 Å². The fourth-order valence-corrected chi connectivity index (χ4v) is 2.57. The average Bonchev–Trinajstić information content (AvgIpc) is 3.23. The Hall–Kier alpha value is -2.83. The highest BCUT2D eigenvalue weighted by Gasteiger charge is 2.29. The summed E-state index contributed by atoms with van der Waals surface area (Å²) in [7, 11) is 0. The number of amides is 3. The Labute approximate surface area is 133 Å². The van der Waals surface area contributed by atoms with Gasteiger partial charge in [-0.1, -0.05) is 30.3 Å². The van der Waals surface area contributed by atoms with Crippen molar-refractivity contribution >= 4 is 11.9 Å². The van der Waals surface area contributed by atoms with Gasteiger partial charge in [-0.2, -0.15) is 0 Å². The van der Waals surface area contributed by atoms with Crippen LogP contribution in [-0.4, -0.2) is 34.9 Å². The highest BCUT2D eigenvalue weighted by Crippen LogP contribution is 2.20. The second-order valence-corrected chi connectivity index (χ2v) is 5.48. The van der Waals surface area contributed by atoms with Crippen molar-refractivity contribution in [2.45, 2.75) is 13.0 Å². The molecule has 7 heteroatoms. The van der Waals surface area contributed by atoms with Crippen LogP contribution in [0.15, 0.2) is 40.9 Å². The van der Waals surface area contributed by atoms with Gasteiger partial charge in [0.2, 0.25) is 11.8 Å². The predicted octanol–water partition coefficient (Wildman–Crippen LogP) is 1.36. The molecule has 3 amide bonds. The van der Waals surface area contributed by atoms with Gasteiger partial charge >= 0.3 is 6.03 Å². The van der Waals surface area contributed by atoms with Crippen LogP contribution >= 0.6 is 0 Å². The number of likely N-dealkylation sites (tertiary alicyclic amines) is 1. The molecule has 1 aromatic carbocycles. The Balaban J connectivity index is 1.54. The molecule has 0 spiro atoms. The van der Waals surface area contributed by atoms with E-state index in [2.05, 4.69) is 10.3 Å². The van der Waals surface area contributed by atoms with Crippen LogP contribution in [0.1, 0.15) is 12.3 Å². The van der Waals surface area contributed by atoms with Crippen molar-refractivity contribution in [3.8, 4) is 11.3 Å². The molecule has 2 aromatic rings. The smallest absolute Gasteiger partial charge is 0.317 e. The van der Waals surface area contributed by atoms with E-state index in [9.17, 15) is 9.59 Å². The summed E-state index contributed by atoms with van der Waals surface area (Å²) in [6.45, 7) is 1.09. The molecule has 1 aliphatic heterocycles. The van der Waals surface area contributed by atoms with Crippen molar-refractivity contribution in [2.75, 3.05) is 13.1 Å². The first-order chi connectivity index (χ1) is 11.1. The van der Waals surface area contributed by atoms with E-state index in [1.165, 1.54) is 0 Å². The molecule has 3 N–H and O–H groups in total. The number of nitrogens with one attached hydrogen (secondary N) is 1. The molecule has 0 unspecified atom stereocenters. The highest BCUT2D eigenvalue weighted by molar-refractivity contribution is 5.80. The van der Waals surface area contributed by atoms with E-state index in [4.69, 9.17) is 10.2 Å². The maximum atomic E-state index is 12.1. The Morgan fingerprint density at radius 3 is 2.83 bits per heavy atom. The van der Waals surface area contributed by atoms with Crippen LogP contribution in [0.5, 0.6) is 0 Å². The zero-order valence-electron chi connectivity index (χ0n) is 12.6. The Morgan fingerprint density at radius 1 is 1.35 bits per heavy atom. The molecule has 0 bridgehead atoms. The summed E-state index contributed by atoms with van der Waals surface area (Å²) < 4.78 is 5.62. The molecule has 0 radical (unpaired) electrons. The molecule has 1 atom stereocenters. The van der Waals surface area contributed by atoms with E-state index < -0.39 is 0 Å². The lowest BCUT2D eigenvalue weighted by Crippen LogP contribution is -2.39. The normalized spacial score (nSPS) is 17.2. The lowest BCUT2D eigenvalue weighted by Gasteiger charge is -2.16. The molecule has 3 rings (SSSR count). The minimum Gasteiger partial charge on any atom is -0.439 e. The number of aromatic nitrogens is 1. The zero-order chi connectivity index (χ0) is 16.2. The van der Waals surface area contributed by atoms with Gasteiger partial charge in [-0.05, 0) is 6.42 Å². The number of rotatable bonds is 4. The molecular weight excluding hydrogens is 296 g/mol. The van der Waals surface area contributed by atoms with Gasteiger partial charge < -0.3 is 20.4 Å². The lowest BCUT2D eigenvalue weighted by molar-refractivity contribution is -0.121. The highest BCUT2D eigenvalue weighted by atomic mass is 16.4. The lowest BCUT2D eigenvalue weighted by atomic mass is 10.1. The van der Waals surface area contributed by atoms with Crippen LogP contribution in [0.4, 0.5) is 4.79 Å². The van der Waals surface area contributed by atoms with Crippen LogP contribution in [0, 0.1) is 5.92 Å². The van der Waals surface area contributed by atoms with Gasteiger partial charge in [-0.15, -0.1) is 0 Å². The number of carbonyl (C=O) groups excluding carboxylic acids is 2. The maximum absolute atomic E-state index is 12.1. The second kappa shape index (κ2) is 6.51. The fourth-order valence-electron chi connectivity index (χ4n) is 2.57. The maximum Gasteiger partial charge on any atom is 0.317 e. The summed E-state index contributed by atoms with van der Waals surface area (Å²) in [5, 5.41) is 2.74. The third kappa shape index (κ3) is 3.50. The van der Waals surface area contributed by atoms with Gasteiger partial charge in [0.25, 0.3) is 0 Å². The topological polar surface area (TPSA) is 101 Å². The summed E-state index contributed by atoms with van der Waals surface area (Å²) in [5.41, 5.74) is 6.19. The molecule has 1 aromatic heterocycles. The number of oxazole rings is 1. The quantitative estimate of drug-likeness (QED) is 0.889. The summed E-state index contributed by atoms with van der Waals surface area (Å²) in [6.07, 6.45) is 2.25. The van der Waals surface area contributed by atoms with Crippen molar-refractivity contribution in [1.29, 1.82) is 0 Å². The minimum atomic E-state index is -0.361. The number of nitrogens with two attached hydrogens (primary N) is 1. The van der Waals surface area contributed by atoms with Gasteiger partial charge in [0.15, 0.2) is 5.76 Å². The molecule has 0 aliphatic carbocycles. The van der Waals surface area contributed by atoms with Crippen molar-refractivity contribution < 1.29 is 14.0 Å². The van der Waals surface area contributed by atoms with Gasteiger partial charge in [-0.3, -0.25) is 4.79 Å². The number of nitrogens with zero attached hydrogens (tertiary/aromatic N) is 2. The van der Waals surface area contributed by atoms with Gasteiger partial charge in [-0.25, -0.2) is 9.78 Å². The number of urea groups is 1. The van der Waals surface area contributed by atoms with E-state index in [0.717, 1.165) is 5.56 Å². The molecule has 1 aliphatic rings. The van der Waals surface area contributed by atoms with Crippen LogP contribution in [-0.2, 0) is 11.3 Å². The molecule has 1 fully saturated rings. The monoisotopic (exact) mass is 314 g/mol. The summed E-state index contributed by atoms with van der Waals surface area (Å²) in [4.78, 5) is 28.9. The third-order valence-electron chi connectivity index (χ3n) is 3.88. The summed E-state index contributed by atoms with van der Waals surface area (Å²) in [6, 6.07) is 9.38. The van der Waals surface area contributed by atoms with E-state index in [-0.39, 0.29) is 24.4 Å². The van der Waals surface area contributed by atoms with E-state index in [1.54, 1.807) is 11.1 Å². The first-order valence-corrected chi connectivity index (χ1v) is 7.45. The summed E-state index contributed by atoms with van der Waals surface area (Å²) in [5.74, 6) is 0.473. The van der Waals surface area contributed by atoms with Crippen molar-refractivity contribution in [2.24, 2.45) is 11.7 Å². The van der Waals surface area contributed by atoms with Crippen molar-refractivity contribution in [1.82, 2.24) is 15.2 Å². The Morgan fingerprint density at radius 2 is 2.13 bits per heavy atom. The van der Waals surface area contributed by atoms with Crippen molar-refractivity contribution in [3.63, 3.8) is 0 Å². The van der Waals surface area contributed by atoms with Gasteiger partial charge in [0, 0.05) is 18.7 Å². The predicted molar refractivity (Wildman–Crippen MR) is 83.0 cm³/mol. The first-order valence-electron chi connectivity index (χ1n) is 7.45. The Kier molecular flexibility index (Phi) is 4.27. The minimum absolute atomic E-state index is 0.198. The molecular formula is C16H18N4O3. The van der Waals surface area contributed by atoms with E-state index >= 15 is 0 Å². The molecule has 23 heavy (non-hydrogen) atoms. The molecule has 120 valence electrons. The Bertz CT molecular complexity index is 698. The van der Waals surface area contributed by atoms with E-state index in [1.807, 2.05) is 30.3 Å². The largest absolute Gasteiger partial charge is 0.439 e. The average molecular weight is 314 g/mol. The summed E-state index contributed by atoms with van der Waals surface area (Å²) >= 11 is 0. The fraction of sp³-hybridized carbons (Fsp3) is 0.312. The number of hydrogen-bond donors (Lipinski definition) is 2. The number of hydrogen-bond acceptors (Lipinski definition) is 4. The van der Waals surface area contributed by atoms with Crippen LogP contribution < -0.4 is 11.1 Å². The van der Waals surface area contributed by atoms with Crippen LogP contribution in [0.25, 0.3) is 11.3 Å². The third-order valence-corrected chi connectivity index (χ3v) is 3.88. The van der Waals surface area contributed by atoms with Gasteiger partial charge in [0.05, 0.1) is 18.7 Å². The standard InChI is InChI=1S/C16H18N4O3/c17-15(21)12-6-7-20(10-12)16(22)19-9-14-18-8-13(23-14)11-4-2-1-3-5-11/h1-5,8,12H,6-7,9-10H2,(H2,17,21)(H,19,22)/t12-/m0/s1. The van der Waals surface area contributed by atoms with Crippen molar-refractivity contribution in [3.05, 3.63) is 42.4 Å². The molecule has 2 heterocycles.